The number of ether oxygens (including phenoxy) is 5. The number of carbonyl (C=O) groups is 4. The number of nitrogens with two attached hydrogens (primary N) is 2. The maximum absolute atomic E-state index is 11.7. The molecule has 4 N–H and O–H groups in total. The molecule has 1 saturated heterocycles. The number of esters is 4. The van der Waals surface area contributed by atoms with E-state index in [4.69, 9.17) is 35.2 Å². The van der Waals surface area contributed by atoms with Crippen molar-refractivity contribution in [3.63, 3.8) is 0 Å². The summed E-state index contributed by atoms with van der Waals surface area (Å²) in [5.74, 6) is -3.10. The Kier molecular flexibility index (Phi) is 9.29. The Labute approximate surface area is 162 Å². The second-order valence-electron chi connectivity index (χ2n) is 6.40. The van der Waals surface area contributed by atoms with Gasteiger partial charge in [0.2, 0.25) is 0 Å². The molecule has 0 aromatic heterocycles. The highest BCUT2D eigenvalue weighted by molar-refractivity contribution is 5.68. The van der Waals surface area contributed by atoms with Crippen molar-refractivity contribution in [1.29, 1.82) is 0 Å². The number of hydrogen-bond acceptors (Lipinski definition) is 11. The van der Waals surface area contributed by atoms with Crippen molar-refractivity contribution in [1.82, 2.24) is 0 Å². The van der Waals surface area contributed by atoms with E-state index in [9.17, 15) is 19.2 Å². The quantitative estimate of drug-likeness (QED) is 0.362. The first-order valence-electron chi connectivity index (χ1n) is 8.81. The van der Waals surface area contributed by atoms with Crippen LogP contribution in [0.5, 0.6) is 0 Å². The van der Waals surface area contributed by atoms with E-state index in [0.29, 0.717) is 0 Å². The molecule has 1 heterocycles. The molecule has 11 heteroatoms. The Morgan fingerprint density at radius 2 is 1.25 bits per heavy atom. The zero-order chi connectivity index (χ0) is 21.4. The molecule has 28 heavy (non-hydrogen) atoms. The monoisotopic (exact) mass is 404 g/mol. The van der Waals surface area contributed by atoms with Crippen LogP contribution in [-0.2, 0) is 42.9 Å². The average Bonchev–Trinajstić information content (AvgIpc) is 2.57. The Hall–Kier alpha value is -2.24. The lowest BCUT2D eigenvalue weighted by molar-refractivity contribution is -0.259. The molecule has 0 unspecified atom stereocenters. The van der Waals surface area contributed by atoms with Crippen molar-refractivity contribution in [2.75, 3.05) is 19.7 Å². The van der Waals surface area contributed by atoms with E-state index >= 15 is 0 Å². The molecular weight excluding hydrogens is 376 g/mol. The first-order valence-corrected chi connectivity index (χ1v) is 8.81. The predicted octanol–water partition coefficient (Wildman–Crippen LogP) is -1.35. The Bertz CT molecular complexity index is 579. The van der Waals surface area contributed by atoms with Crippen LogP contribution in [0.4, 0.5) is 0 Å². The van der Waals surface area contributed by atoms with Crippen LogP contribution in [0.15, 0.2) is 0 Å². The summed E-state index contributed by atoms with van der Waals surface area (Å²) in [4.78, 5) is 46.2. The summed E-state index contributed by atoms with van der Waals surface area (Å²) in [7, 11) is 0. The van der Waals surface area contributed by atoms with Crippen LogP contribution in [0.1, 0.15) is 27.7 Å². The standard InChI is InChI=1S/C17H28N2O9/c1-8(20)24-7-13-15(25-9(2)21)17(27-11(4)23)16(26-10(3)22)14(28-13)12(5-18)6-19/h12-17H,5-7,18-19H2,1-4H3/t13-,14+,15-,16+,17+/m1/s1. The molecule has 1 rings (SSSR count). The highest BCUT2D eigenvalue weighted by Gasteiger charge is 2.53. The summed E-state index contributed by atoms with van der Waals surface area (Å²) in [6, 6.07) is 0. The molecule has 160 valence electrons. The van der Waals surface area contributed by atoms with Gasteiger partial charge >= 0.3 is 23.9 Å². The molecule has 0 radical (unpaired) electrons. The van der Waals surface area contributed by atoms with Gasteiger partial charge in [-0.25, -0.2) is 0 Å². The van der Waals surface area contributed by atoms with Crippen LogP contribution < -0.4 is 11.5 Å². The Morgan fingerprint density at radius 1 is 0.786 bits per heavy atom. The molecule has 5 atom stereocenters. The predicted molar refractivity (Wildman–Crippen MR) is 93.6 cm³/mol. The highest BCUT2D eigenvalue weighted by Crippen LogP contribution is 2.32. The molecule has 0 aromatic carbocycles. The lowest BCUT2D eigenvalue weighted by Gasteiger charge is -2.46. The van der Waals surface area contributed by atoms with E-state index < -0.39 is 60.3 Å². The van der Waals surface area contributed by atoms with Crippen LogP contribution in [0.3, 0.4) is 0 Å². The highest BCUT2D eigenvalue weighted by atomic mass is 16.7. The first kappa shape index (κ1) is 23.8. The maximum atomic E-state index is 11.7. The number of hydrogen-bond donors (Lipinski definition) is 2. The Morgan fingerprint density at radius 3 is 1.68 bits per heavy atom. The van der Waals surface area contributed by atoms with E-state index in [2.05, 4.69) is 0 Å². The van der Waals surface area contributed by atoms with Crippen molar-refractivity contribution < 1.29 is 42.9 Å². The fraction of sp³-hybridized carbons (Fsp3) is 0.765. The fourth-order valence-corrected chi connectivity index (χ4v) is 3.01. The van der Waals surface area contributed by atoms with Gasteiger partial charge in [-0.15, -0.1) is 0 Å². The lowest BCUT2D eigenvalue weighted by atomic mass is 9.87. The summed E-state index contributed by atoms with van der Waals surface area (Å²) in [6.45, 7) is 4.58. The van der Waals surface area contributed by atoms with Gasteiger partial charge in [0.25, 0.3) is 0 Å². The largest absolute Gasteiger partial charge is 0.463 e. The van der Waals surface area contributed by atoms with Crippen molar-refractivity contribution in [3.8, 4) is 0 Å². The molecule has 0 amide bonds. The summed E-state index contributed by atoms with van der Waals surface area (Å²) < 4.78 is 26.9. The van der Waals surface area contributed by atoms with Gasteiger partial charge in [-0.2, -0.15) is 0 Å². The molecule has 0 bridgehead atoms. The van der Waals surface area contributed by atoms with Gasteiger partial charge in [0, 0.05) is 33.6 Å². The SMILES string of the molecule is CC(=O)OC[C@H]1O[C@@H](C(CN)CN)[C@H](OC(C)=O)[C@@H](OC(C)=O)[C@@H]1OC(C)=O. The van der Waals surface area contributed by atoms with E-state index in [1.54, 1.807) is 0 Å². The van der Waals surface area contributed by atoms with Gasteiger partial charge in [-0.1, -0.05) is 0 Å². The lowest BCUT2D eigenvalue weighted by Crippen LogP contribution is -2.65. The molecule has 0 aliphatic carbocycles. The second-order valence-corrected chi connectivity index (χ2v) is 6.40. The van der Waals surface area contributed by atoms with E-state index in [1.165, 1.54) is 13.8 Å². The molecule has 0 aromatic rings. The minimum atomic E-state index is -1.20. The number of carbonyl (C=O) groups excluding carboxylic acids is 4. The smallest absolute Gasteiger partial charge is 0.303 e. The van der Waals surface area contributed by atoms with E-state index in [-0.39, 0.29) is 19.7 Å². The summed E-state index contributed by atoms with van der Waals surface area (Å²) in [5, 5.41) is 0. The van der Waals surface area contributed by atoms with Gasteiger partial charge in [0.05, 0.1) is 0 Å². The van der Waals surface area contributed by atoms with Crippen molar-refractivity contribution in [2.45, 2.75) is 58.2 Å². The van der Waals surface area contributed by atoms with Gasteiger partial charge in [0.15, 0.2) is 18.3 Å². The van der Waals surface area contributed by atoms with Crippen molar-refractivity contribution in [2.24, 2.45) is 17.4 Å². The van der Waals surface area contributed by atoms with Gasteiger partial charge in [-0.05, 0) is 13.1 Å². The molecule has 0 spiro atoms. The van der Waals surface area contributed by atoms with Crippen molar-refractivity contribution in [3.05, 3.63) is 0 Å². The van der Waals surface area contributed by atoms with Crippen LogP contribution in [0.2, 0.25) is 0 Å². The van der Waals surface area contributed by atoms with Crippen molar-refractivity contribution >= 4 is 23.9 Å². The molecule has 0 saturated carbocycles. The molecule has 1 aliphatic heterocycles. The fourth-order valence-electron chi connectivity index (χ4n) is 3.01. The molecule has 1 aliphatic rings. The van der Waals surface area contributed by atoms with Crippen LogP contribution in [0, 0.1) is 5.92 Å². The van der Waals surface area contributed by atoms with Crippen LogP contribution >= 0.6 is 0 Å². The van der Waals surface area contributed by atoms with Crippen LogP contribution in [-0.4, -0.2) is 74.1 Å². The van der Waals surface area contributed by atoms with E-state index in [1.807, 2.05) is 0 Å². The molecule has 1 fully saturated rings. The van der Waals surface area contributed by atoms with Crippen LogP contribution in [0.25, 0.3) is 0 Å². The molecular formula is C17H28N2O9. The summed E-state index contributed by atoms with van der Waals surface area (Å²) >= 11 is 0. The van der Waals surface area contributed by atoms with E-state index in [0.717, 1.165) is 13.8 Å². The Balaban J connectivity index is 3.36. The second kappa shape index (κ2) is 10.9. The number of rotatable bonds is 8. The third kappa shape index (κ3) is 6.73. The minimum absolute atomic E-state index is 0.0875. The topological polar surface area (TPSA) is 166 Å². The summed E-state index contributed by atoms with van der Waals surface area (Å²) in [5.41, 5.74) is 11.5. The minimum Gasteiger partial charge on any atom is -0.463 e. The zero-order valence-electron chi connectivity index (χ0n) is 16.4. The first-order chi connectivity index (χ1) is 13.1. The maximum Gasteiger partial charge on any atom is 0.303 e. The summed E-state index contributed by atoms with van der Waals surface area (Å²) in [6.07, 6.45) is -5.38. The third-order valence-electron chi connectivity index (χ3n) is 4.10. The average molecular weight is 404 g/mol. The van der Waals surface area contributed by atoms with Gasteiger partial charge in [-0.3, -0.25) is 19.2 Å². The third-order valence-corrected chi connectivity index (χ3v) is 4.10. The van der Waals surface area contributed by atoms with Gasteiger partial charge < -0.3 is 35.2 Å². The van der Waals surface area contributed by atoms with Gasteiger partial charge in [0.1, 0.15) is 18.8 Å². The normalized spacial score (nSPS) is 27.0. The zero-order valence-corrected chi connectivity index (χ0v) is 16.4. The molecule has 11 nitrogen and oxygen atoms in total.